The highest BCUT2D eigenvalue weighted by atomic mass is 32.2. The van der Waals surface area contributed by atoms with Crippen LogP contribution in [0.1, 0.15) is 50.9 Å². The highest BCUT2D eigenvalue weighted by molar-refractivity contribution is 7.99. The van der Waals surface area contributed by atoms with Gasteiger partial charge in [-0.15, -0.1) is 0 Å². The SMILES string of the molecule is CC(C)(C)C(c1cc(-c2cc(F)ccc2F)cn1Cc1ccccc1)N(CCCNC(=O)O)C(=O)CSCCC(=O)NCCN1C(=O)C=CC1=O. The Bertz CT molecular complexity index is 1740. The number of nitrogens with zero attached hydrogens (tertiary/aromatic N) is 3. The number of halogens is 2. The Morgan fingerprint density at radius 3 is 2.33 bits per heavy atom. The maximum atomic E-state index is 15.1. The Morgan fingerprint density at radius 1 is 0.961 bits per heavy atom. The molecule has 0 bridgehead atoms. The van der Waals surface area contributed by atoms with Crippen molar-refractivity contribution in [2.75, 3.05) is 37.7 Å². The van der Waals surface area contributed by atoms with Gasteiger partial charge < -0.3 is 25.2 Å². The minimum Gasteiger partial charge on any atom is -0.465 e. The van der Waals surface area contributed by atoms with Gasteiger partial charge in [-0.1, -0.05) is 51.1 Å². The molecular formula is C37H43F2N5O6S. The number of imide groups is 1. The fourth-order valence-electron chi connectivity index (χ4n) is 5.91. The molecule has 3 N–H and O–H groups in total. The first-order valence-corrected chi connectivity index (χ1v) is 17.7. The van der Waals surface area contributed by atoms with Crippen LogP contribution in [0.15, 0.2) is 72.9 Å². The summed E-state index contributed by atoms with van der Waals surface area (Å²) in [5.41, 5.74) is 1.61. The van der Waals surface area contributed by atoms with Crippen LogP contribution in [0.4, 0.5) is 13.6 Å². The molecule has 0 fully saturated rings. The predicted octanol–water partition coefficient (Wildman–Crippen LogP) is 5.22. The summed E-state index contributed by atoms with van der Waals surface area (Å²) in [4.78, 5) is 63.8. The minimum atomic E-state index is -1.18. The van der Waals surface area contributed by atoms with Gasteiger partial charge in [-0.25, -0.2) is 13.6 Å². The number of carboxylic acid groups (broad SMARTS) is 1. The second-order valence-electron chi connectivity index (χ2n) is 13.1. The molecule has 5 amide bonds. The van der Waals surface area contributed by atoms with Gasteiger partial charge in [-0.2, -0.15) is 11.8 Å². The standard InChI is InChI=1S/C37H43F2N5O6S/c1-37(2,3)35(30-20-26(28-21-27(38)10-11-29(28)39)23-42(30)22-25-8-5-4-6-9-25)44(17-7-15-41-36(49)50)34(48)24-51-19-14-31(45)40-16-18-43-32(46)12-13-33(43)47/h4-6,8-13,20-21,23,35,41H,7,14-19,22,24H2,1-3H3,(H,40,45)(H,49,50). The Labute approximate surface area is 300 Å². The summed E-state index contributed by atoms with van der Waals surface area (Å²) in [7, 11) is 0. The van der Waals surface area contributed by atoms with Gasteiger partial charge in [-0.05, 0) is 41.7 Å². The quantitative estimate of drug-likeness (QED) is 0.128. The number of hydrogen-bond acceptors (Lipinski definition) is 6. The van der Waals surface area contributed by atoms with Gasteiger partial charge in [0.15, 0.2) is 0 Å². The van der Waals surface area contributed by atoms with Crippen LogP contribution in [0.25, 0.3) is 11.1 Å². The van der Waals surface area contributed by atoms with Crippen molar-refractivity contribution in [1.82, 2.24) is 25.0 Å². The van der Waals surface area contributed by atoms with Gasteiger partial charge in [0.05, 0.1) is 11.8 Å². The van der Waals surface area contributed by atoms with Crippen molar-refractivity contribution in [2.45, 2.75) is 46.2 Å². The molecule has 0 aliphatic carbocycles. The minimum absolute atomic E-state index is 0.0272. The lowest BCUT2D eigenvalue weighted by Crippen LogP contribution is -2.44. The molecule has 14 heteroatoms. The molecule has 0 saturated heterocycles. The molecule has 51 heavy (non-hydrogen) atoms. The van der Waals surface area contributed by atoms with E-state index in [-0.39, 0.29) is 55.7 Å². The van der Waals surface area contributed by atoms with E-state index in [9.17, 15) is 28.4 Å². The second kappa shape index (κ2) is 17.8. The second-order valence-corrected chi connectivity index (χ2v) is 14.3. The molecule has 1 aliphatic heterocycles. The zero-order chi connectivity index (χ0) is 37.1. The molecule has 3 aromatic rings. The number of thioether (sulfide) groups is 1. The summed E-state index contributed by atoms with van der Waals surface area (Å²) in [6.45, 7) is 6.80. The molecule has 1 unspecified atom stereocenters. The van der Waals surface area contributed by atoms with Crippen molar-refractivity contribution in [3.63, 3.8) is 0 Å². The third-order valence-corrected chi connectivity index (χ3v) is 9.15. The number of aromatic nitrogens is 1. The zero-order valence-electron chi connectivity index (χ0n) is 28.9. The van der Waals surface area contributed by atoms with Crippen molar-refractivity contribution >= 4 is 41.5 Å². The maximum absolute atomic E-state index is 15.1. The van der Waals surface area contributed by atoms with Crippen LogP contribution in [0.3, 0.4) is 0 Å². The lowest BCUT2D eigenvalue weighted by atomic mass is 9.83. The van der Waals surface area contributed by atoms with Crippen molar-refractivity contribution in [3.8, 4) is 11.1 Å². The van der Waals surface area contributed by atoms with Gasteiger partial charge in [-0.3, -0.25) is 24.1 Å². The zero-order valence-corrected chi connectivity index (χ0v) is 29.7. The Morgan fingerprint density at radius 2 is 1.67 bits per heavy atom. The molecule has 0 radical (unpaired) electrons. The first kappa shape index (κ1) is 38.8. The Balaban J connectivity index is 1.55. The highest BCUT2D eigenvalue weighted by Crippen LogP contribution is 2.41. The molecule has 4 rings (SSSR count). The fourth-order valence-corrected chi connectivity index (χ4v) is 6.72. The van der Waals surface area contributed by atoms with E-state index in [1.54, 1.807) is 17.2 Å². The monoisotopic (exact) mass is 723 g/mol. The molecule has 272 valence electrons. The van der Waals surface area contributed by atoms with E-state index in [0.29, 0.717) is 30.0 Å². The first-order valence-electron chi connectivity index (χ1n) is 16.6. The number of carbonyl (C=O) groups is 5. The van der Waals surface area contributed by atoms with Gasteiger partial charge in [0, 0.05) is 80.1 Å². The Hall–Kier alpha value is -4.98. The van der Waals surface area contributed by atoms with Crippen LogP contribution in [0.5, 0.6) is 0 Å². The number of amides is 5. The third-order valence-electron chi connectivity index (χ3n) is 8.21. The maximum Gasteiger partial charge on any atom is 0.404 e. The van der Waals surface area contributed by atoms with E-state index >= 15 is 4.39 Å². The molecule has 11 nitrogen and oxygen atoms in total. The molecule has 2 heterocycles. The van der Waals surface area contributed by atoms with Gasteiger partial charge in [0.25, 0.3) is 11.8 Å². The first-order chi connectivity index (χ1) is 24.2. The van der Waals surface area contributed by atoms with Crippen molar-refractivity contribution in [3.05, 3.63) is 95.8 Å². The van der Waals surface area contributed by atoms with Crippen molar-refractivity contribution in [1.29, 1.82) is 0 Å². The van der Waals surface area contributed by atoms with E-state index < -0.39 is 41.0 Å². The lowest BCUT2D eigenvalue weighted by molar-refractivity contribution is -0.137. The summed E-state index contributed by atoms with van der Waals surface area (Å²) >= 11 is 1.27. The van der Waals surface area contributed by atoms with E-state index in [2.05, 4.69) is 10.6 Å². The lowest BCUT2D eigenvalue weighted by Gasteiger charge is -2.41. The van der Waals surface area contributed by atoms with E-state index in [4.69, 9.17) is 5.11 Å². The normalized spacial score (nSPS) is 13.4. The topological polar surface area (TPSA) is 141 Å². The van der Waals surface area contributed by atoms with Crippen LogP contribution in [0, 0.1) is 17.0 Å². The average Bonchev–Trinajstić information content (AvgIpc) is 3.62. The fraction of sp³-hybridized carbons (Fsp3) is 0.378. The van der Waals surface area contributed by atoms with Crippen molar-refractivity contribution < 1.29 is 37.9 Å². The van der Waals surface area contributed by atoms with Gasteiger partial charge in [0.1, 0.15) is 11.6 Å². The molecular weight excluding hydrogens is 680 g/mol. The predicted molar refractivity (Wildman–Crippen MR) is 191 cm³/mol. The molecule has 1 atom stereocenters. The highest BCUT2D eigenvalue weighted by Gasteiger charge is 2.37. The molecule has 2 aromatic carbocycles. The van der Waals surface area contributed by atoms with Gasteiger partial charge in [0.2, 0.25) is 11.8 Å². The Kier molecular flexibility index (Phi) is 13.5. The molecule has 0 saturated carbocycles. The molecule has 1 aromatic heterocycles. The molecule has 1 aliphatic rings. The summed E-state index contributed by atoms with van der Waals surface area (Å²) in [6.07, 6.45) is 3.36. The van der Waals surface area contributed by atoms with Crippen LogP contribution in [-0.4, -0.2) is 86.9 Å². The largest absolute Gasteiger partial charge is 0.465 e. The summed E-state index contributed by atoms with van der Waals surface area (Å²) < 4.78 is 31.3. The average molecular weight is 724 g/mol. The number of nitrogens with one attached hydrogen (secondary N) is 2. The number of hydrogen-bond donors (Lipinski definition) is 3. The van der Waals surface area contributed by atoms with Crippen LogP contribution < -0.4 is 10.6 Å². The van der Waals surface area contributed by atoms with Crippen LogP contribution in [0.2, 0.25) is 0 Å². The number of rotatable bonds is 17. The van der Waals surface area contributed by atoms with Crippen molar-refractivity contribution in [2.24, 2.45) is 5.41 Å². The number of carbonyl (C=O) groups excluding carboxylic acids is 4. The summed E-state index contributed by atoms with van der Waals surface area (Å²) in [5, 5.41) is 14.2. The molecule has 0 spiro atoms. The van der Waals surface area contributed by atoms with Gasteiger partial charge >= 0.3 is 6.09 Å². The van der Waals surface area contributed by atoms with E-state index in [1.165, 1.54) is 23.9 Å². The summed E-state index contributed by atoms with van der Waals surface area (Å²) in [6, 6.07) is 14.1. The van der Waals surface area contributed by atoms with E-state index in [0.717, 1.165) is 28.7 Å². The van der Waals surface area contributed by atoms with Crippen LogP contribution >= 0.6 is 11.8 Å². The van der Waals surface area contributed by atoms with E-state index in [1.807, 2.05) is 55.7 Å². The third kappa shape index (κ3) is 11.0. The number of benzene rings is 2. The summed E-state index contributed by atoms with van der Waals surface area (Å²) in [5.74, 6) is -2.20. The smallest absolute Gasteiger partial charge is 0.404 e. The van der Waals surface area contributed by atoms with Crippen LogP contribution in [-0.2, 0) is 25.7 Å².